The van der Waals surface area contributed by atoms with E-state index in [4.69, 9.17) is 4.98 Å². The Morgan fingerprint density at radius 2 is 2.03 bits per heavy atom. The Hall–Kier alpha value is -2.90. The lowest BCUT2D eigenvalue weighted by molar-refractivity contribution is -0.827. The number of aromatic nitrogens is 4. The number of anilines is 1. The van der Waals surface area contributed by atoms with Gasteiger partial charge in [0.15, 0.2) is 0 Å². The van der Waals surface area contributed by atoms with E-state index in [2.05, 4.69) is 39.6 Å². The number of aromatic amines is 1. The van der Waals surface area contributed by atoms with Gasteiger partial charge in [0.25, 0.3) is 0 Å². The smallest absolute Gasteiger partial charge is 0.313 e. The van der Waals surface area contributed by atoms with E-state index in [1.807, 2.05) is 52.1 Å². The minimum absolute atomic E-state index is 0. The maximum atomic E-state index is 12.2. The predicted octanol–water partition coefficient (Wildman–Crippen LogP) is 4.04. The third-order valence-electron chi connectivity index (χ3n) is 5.47. The zero-order valence-corrected chi connectivity index (χ0v) is 18.8. The number of rotatable bonds is 5. The Balaban J connectivity index is 0.00000256. The second-order valence-corrected chi connectivity index (χ2v) is 8.00. The number of fused-ring (bicyclic) bond motifs is 3. The molecule has 0 aliphatic carbocycles. The first-order valence-electron chi connectivity index (χ1n) is 9.81. The number of H-pyrrole nitrogens is 1. The first-order chi connectivity index (χ1) is 13.8. The van der Waals surface area contributed by atoms with Gasteiger partial charge >= 0.3 is 5.91 Å². The molecule has 0 bridgehead atoms. The Morgan fingerprint density at radius 3 is 2.73 bits per heavy atom. The lowest BCUT2D eigenvalue weighted by Gasteiger charge is -2.26. The summed E-state index contributed by atoms with van der Waals surface area (Å²) < 4.78 is 2.36. The minimum atomic E-state index is 0. The van der Waals surface area contributed by atoms with Crippen LogP contribution in [-0.2, 0) is 18.4 Å². The standard InChI is InChI=1S/C22H27N6O.ClH/c1-6-18(29)28(4,5)12-14-8-7-9-15(10-14)17-11-16-20-19(24-13-27(20)3)22(23-2)26-21(16)25-17;/h7-11,13H,6,12H2,1-5H3,(H2,23,25,26);1H/q+1;. The van der Waals surface area contributed by atoms with Crippen molar-refractivity contribution in [1.82, 2.24) is 19.5 Å². The first kappa shape index (κ1) is 21.8. The molecule has 7 nitrogen and oxygen atoms in total. The highest BCUT2D eigenvalue weighted by Crippen LogP contribution is 2.36. The van der Waals surface area contributed by atoms with Gasteiger partial charge in [-0.05, 0) is 12.1 Å². The van der Waals surface area contributed by atoms with Crippen LogP contribution in [0.1, 0.15) is 18.9 Å². The number of aryl methyl sites for hydroxylation is 1. The normalized spacial score (nSPS) is 11.6. The molecular weight excluding hydrogens is 400 g/mol. The minimum Gasteiger partial charge on any atom is -0.373 e. The summed E-state index contributed by atoms with van der Waals surface area (Å²) in [6, 6.07) is 10.4. The van der Waals surface area contributed by atoms with Gasteiger partial charge in [-0.1, -0.05) is 25.1 Å². The van der Waals surface area contributed by atoms with Crippen LogP contribution in [0.5, 0.6) is 0 Å². The summed E-state index contributed by atoms with van der Waals surface area (Å²) in [6.45, 7) is 2.57. The van der Waals surface area contributed by atoms with Crippen molar-refractivity contribution in [2.45, 2.75) is 19.9 Å². The molecule has 158 valence electrons. The quantitative estimate of drug-likeness (QED) is 0.471. The van der Waals surface area contributed by atoms with Crippen molar-refractivity contribution in [3.8, 4) is 22.6 Å². The SMILES string of the molecule is CCC(=O)[N+](C)(C)Cc1cccc(-c2cc3c4c(ncn4C)c(NC)[nH]c-3n2)c1.Cl. The van der Waals surface area contributed by atoms with Crippen molar-refractivity contribution < 1.29 is 9.28 Å². The van der Waals surface area contributed by atoms with Gasteiger partial charge in [-0.3, -0.25) is 4.48 Å². The van der Waals surface area contributed by atoms with Crippen LogP contribution in [0.2, 0.25) is 0 Å². The van der Waals surface area contributed by atoms with Crippen LogP contribution in [0.3, 0.4) is 0 Å². The van der Waals surface area contributed by atoms with E-state index >= 15 is 0 Å². The molecule has 2 aliphatic heterocycles. The van der Waals surface area contributed by atoms with Crippen molar-refractivity contribution in [1.29, 1.82) is 0 Å². The van der Waals surface area contributed by atoms with Gasteiger partial charge in [0.1, 0.15) is 23.7 Å². The zero-order chi connectivity index (χ0) is 20.8. The summed E-state index contributed by atoms with van der Waals surface area (Å²) in [4.78, 5) is 24.9. The fourth-order valence-corrected chi connectivity index (χ4v) is 3.93. The average Bonchev–Trinajstić information content (AvgIpc) is 3.30. The van der Waals surface area contributed by atoms with Crippen LogP contribution in [-0.4, -0.2) is 51.1 Å². The van der Waals surface area contributed by atoms with Crippen molar-refractivity contribution in [3.63, 3.8) is 0 Å². The Kier molecular flexibility index (Phi) is 5.87. The van der Waals surface area contributed by atoms with Crippen molar-refractivity contribution >= 4 is 35.2 Å². The Morgan fingerprint density at radius 1 is 1.27 bits per heavy atom. The molecule has 8 heteroatoms. The summed E-state index contributed by atoms with van der Waals surface area (Å²) in [6.07, 6.45) is 2.35. The third-order valence-corrected chi connectivity index (χ3v) is 5.47. The molecule has 1 aromatic heterocycles. The largest absolute Gasteiger partial charge is 0.373 e. The lowest BCUT2D eigenvalue weighted by Crippen LogP contribution is -2.44. The average molecular weight is 428 g/mol. The van der Waals surface area contributed by atoms with Gasteiger partial charge in [-0.2, -0.15) is 0 Å². The van der Waals surface area contributed by atoms with E-state index in [1.165, 1.54) is 0 Å². The number of hydrogen-bond acceptors (Lipinski definition) is 4. The van der Waals surface area contributed by atoms with E-state index < -0.39 is 0 Å². The van der Waals surface area contributed by atoms with Crippen molar-refractivity contribution in [3.05, 3.63) is 42.2 Å². The first-order valence-corrected chi connectivity index (χ1v) is 9.81. The summed E-state index contributed by atoms with van der Waals surface area (Å²) in [5, 5.41) is 3.17. The molecule has 0 fully saturated rings. The van der Waals surface area contributed by atoms with E-state index in [9.17, 15) is 4.79 Å². The van der Waals surface area contributed by atoms with Crippen LogP contribution in [0.25, 0.3) is 33.7 Å². The maximum absolute atomic E-state index is 12.2. The molecule has 0 spiro atoms. The number of quaternary nitrogens is 1. The second-order valence-electron chi connectivity index (χ2n) is 8.00. The van der Waals surface area contributed by atoms with Crippen LogP contribution in [0.15, 0.2) is 36.7 Å². The molecule has 4 rings (SSSR count). The van der Waals surface area contributed by atoms with Crippen LogP contribution in [0, 0.1) is 0 Å². The molecule has 0 unspecified atom stereocenters. The van der Waals surface area contributed by atoms with E-state index in [-0.39, 0.29) is 18.3 Å². The van der Waals surface area contributed by atoms with E-state index in [1.54, 1.807) is 0 Å². The van der Waals surface area contributed by atoms with Gasteiger partial charge in [0, 0.05) is 30.8 Å². The second kappa shape index (κ2) is 8.08. The number of hydrogen-bond donors (Lipinski definition) is 2. The van der Waals surface area contributed by atoms with Gasteiger partial charge < -0.3 is 14.9 Å². The summed E-state index contributed by atoms with van der Waals surface area (Å²) in [7, 11) is 7.78. The molecule has 1 aromatic carbocycles. The number of amides is 1. The molecule has 2 N–H and O–H groups in total. The van der Waals surface area contributed by atoms with Crippen molar-refractivity contribution in [2.24, 2.45) is 7.05 Å². The molecule has 0 saturated heterocycles. The highest BCUT2D eigenvalue weighted by Gasteiger charge is 2.25. The molecule has 0 radical (unpaired) electrons. The molecule has 0 atom stereocenters. The number of benzene rings is 1. The molecule has 2 aromatic rings. The molecule has 0 saturated carbocycles. The predicted molar refractivity (Wildman–Crippen MR) is 123 cm³/mol. The van der Waals surface area contributed by atoms with E-state index in [0.717, 1.165) is 45.1 Å². The molecule has 3 heterocycles. The number of carbonyl (C=O) groups is 1. The number of nitrogens with one attached hydrogen (secondary N) is 2. The fraction of sp³-hybridized carbons (Fsp3) is 0.318. The number of carbonyl (C=O) groups excluding carboxylic acids is 1. The third kappa shape index (κ3) is 3.66. The molecule has 1 amide bonds. The maximum Gasteiger partial charge on any atom is 0.313 e. The monoisotopic (exact) mass is 427 g/mol. The zero-order valence-electron chi connectivity index (χ0n) is 18.0. The highest BCUT2D eigenvalue weighted by atomic mass is 35.5. The van der Waals surface area contributed by atoms with Gasteiger partial charge in [-0.15, -0.1) is 12.4 Å². The van der Waals surface area contributed by atoms with Crippen molar-refractivity contribution in [2.75, 3.05) is 26.5 Å². The molecule has 30 heavy (non-hydrogen) atoms. The number of imidazole rings is 1. The van der Waals surface area contributed by atoms with Crippen LogP contribution >= 0.6 is 12.4 Å². The summed E-state index contributed by atoms with van der Waals surface area (Å²) in [5.41, 5.74) is 6.04. The fourth-order valence-electron chi connectivity index (χ4n) is 3.93. The van der Waals surface area contributed by atoms with Crippen LogP contribution < -0.4 is 5.32 Å². The highest BCUT2D eigenvalue weighted by molar-refractivity contribution is 5.99. The van der Waals surface area contributed by atoms with Gasteiger partial charge in [-0.25, -0.2) is 14.8 Å². The number of nitrogens with zero attached hydrogens (tertiary/aromatic N) is 4. The van der Waals surface area contributed by atoms with Crippen LogP contribution in [0.4, 0.5) is 5.82 Å². The lowest BCUT2D eigenvalue weighted by atomic mass is 10.1. The number of pyridine rings is 1. The Labute approximate surface area is 182 Å². The molecular formula is C22H28ClN6O+. The summed E-state index contributed by atoms with van der Waals surface area (Å²) >= 11 is 0. The Bertz CT molecular complexity index is 1180. The van der Waals surface area contributed by atoms with E-state index in [0.29, 0.717) is 17.4 Å². The van der Waals surface area contributed by atoms with Gasteiger partial charge in [0.05, 0.1) is 38.1 Å². The van der Waals surface area contributed by atoms with Gasteiger partial charge in [0.2, 0.25) is 0 Å². The number of halogens is 1. The summed E-state index contributed by atoms with van der Waals surface area (Å²) in [5.74, 6) is 1.90. The topological polar surface area (TPSA) is 75.6 Å². The molecule has 2 aliphatic rings.